The summed E-state index contributed by atoms with van der Waals surface area (Å²) in [6, 6.07) is 14.0. The molecule has 1 N–H and O–H groups in total. The lowest BCUT2D eigenvalue weighted by Crippen LogP contribution is -2.05. The van der Waals surface area contributed by atoms with Crippen LogP contribution in [0.4, 0.5) is 0 Å². The average Bonchev–Trinajstić information content (AvgIpc) is 2.20. The molecule has 0 radical (unpaired) electrons. The van der Waals surface area contributed by atoms with Crippen molar-refractivity contribution in [2.24, 2.45) is 0 Å². The molecular weight excluding hydrogens is 164 g/mol. The summed E-state index contributed by atoms with van der Waals surface area (Å²) in [6.07, 6.45) is 0. The molecule has 1 rings (SSSR count). The highest BCUT2D eigenvalue weighted by Gasteiger charge is 1.94. The second-order valence-corrected chi connectivity index (χ2v) is 5.57. The summed E-state index contributed by atoms with van der Waals surface area (Å²) >= 11 is 0. The lowest BCUT2D eigenvalue weighted by molar-refractivity contribution is 0.570. The van der Waals surface area contributed by atoms with Crippen molar-refractivity contribution in [3.8, 4) is 0 Å². The van der Waals surface area contributed by atoms with Crippen LogP contribution in [0, 0.1) is 0 Å². The Morgan fingerprint density at radius 2 is 1.08 bits per heavy atom. The van der Waals surface area contributed by atoms with Crippen LogP contribution in [-0.4, -0.2) is 13.8 Å². The van der Waals surface area contributed by atoms with Gasteiger partial charge in [-0.3, -0.25) is 0 Å². The average molecular weight is 182 g/mol. The van der Waals surface area contributed by atoms with Crippen molar-refractivity contribution in [2.45, 2.75) is 25.9 Å². The molecule has 1 aromatic rings. The Morgan fingerprint density at radius 1 is 0.833 bits per heavy atom. The van der Waals surface area contributed by atoms with E-state index >= 15 is 0 Å². The Labute approximate surface area is 76.8 Å². The third kappa shape index (κ3) is 7.50. The van der Waals surface area contributed by atoms with Crippen LogP contribution in [0.5, 0.6) is 0 Å². The molecule has 0 saturated heterocycles. The topological polar surface area (TPSA) is 20.2 Å². The van der Waals surface area contributed by atoms with Crippen molar-refractivity contribution >= 4 is 9.04 Å². The third-order valence-electron chi connectivity index (χ3n) is 1.61. The Balaban J connectivity index is 0.000000202. The maximum Gasteiger partial charge on any atom is 0.172 e. The van der Waals surface area contributed by atoms with Gasteiger partial charge >= 0.3 is 0 Å². The highest BCUT2D eigenvalue weighted by Crippen LogP contribution is 1.89. The van der Waals surface area contributed by atoms with Crippen LogP contribution < -0.4 is 0 Å². The van der Waals surface area contributed by atoms with E-state index < -0.39 is 9.04 Å². The zero-order chi connectivity index (χ0) is 9.23. The van der Waals surface area contributed by atoms with Crippen LogP contribution in [0.25, 0.3) is 0 Å². The minimum atomic E-state index is -1.16. The number of benzene rings is 1. The molecule has 2 heteroatoms. The molecule has 0 aliphatic rings. The Hall–Kier alpha value is -0.603. The Morgan fingerprint density at radius 3 is 1.17 bits per heavy atom. The zero-order valence-electron chi connectivity index (χ0n) is 7.90. The fraction of sp³-hybridized carbons (Fsp3) is 0.400. The molecule has 0 saturated carbocycles. The van der Waals surface area contributed by atoms with Crippen LogP contribution in [0.3, 0.4) is 0 Å². The number of hydrogen-bond donors (Lipinski definition) is 1. The summed E-state index contributed by atoms with van der Waals surface area (Å²) in [7, 11) is -1.16. The largest absolute Gasteiger partial charge is 0.435 e. The van der Waals surface area contributed by atoms with Crippen LogP contribution in [0.2, 0.25) is 12.1 Å². The molecule has 0 aliphatic heterocycles. The van der Waals surface area contributed by atoms with Crippen molar-refractivity contribution in [1.29, 1.82) is 0 Å². The number of rotatable bonds is 2. The smallest absolute Gasteiger partial charge is 0.172 e. The number of hydrogen-bond acceptors (Lipinski definition) is 1. The maximum atomic E-state index is 8.81. The van der Waals surface area contributed by atoms with Gasteiger partial charge in [0.15, 0.2) is 9.04 Å². The summed E-state index contributed by atoms with van der Waals surface area (Å²) in [5, 5.41) is 0. The second-order valence-electron chi connectivity index (χ2n) is 2.63. The molecule has 0 spiro atoms. The van der Waals surface area contributed by atoms with Gasteiger partial charge in [0.05, 0.1) is 0 Å². The lowest BCUT2D eigenvalue weighted by Gasteiger charge is -1.94. The third-order valence-corrected chi connectivity index (χ3v) is 3.49. The molecule has 0 aliphatic carbocycles. The van der Waals surface area contributed by atoms with E-state index in [-0.39, 0.29) is 0 Å². The molecule has 0 amide bonds. The van der Waals surface area contributed by atoms with Gasteiger partial charge in [-0.05, 0) is 12.1 Å². The van der Waals surface area contributed by atoms with Gasteiger partial charge in [0.1, 0.15) is 0 Å². The lowest BCUT2D eigenvalue weighted by atomic mass is 10.4. The molecule has 12 heavy (non-hydrogen) atoms. The minimum absolute atomic E-state index is 1.02. The zero-order valence-corrected chi connectivity index (χ0v) is 9.06. The van der Waals surface area contributed by atoms with Gasteiger partial charge in [-0.1, -0.05) is 50.2 Å². The predicted molar refractivity (Wildman–Crippen MR) is 56.8 cm³/mol. The first-order chi connectivity index (χ1) is 5.81. The van der Waals surface area contributed by atoms with E-state index in [1.54, 1.807) is 0 Å². The highest BCUT2D eigenvalue weighted by molar-refractivity contribution is 6.49. The van der Waals surface area contributed by atoms with E-state index in [0.29, 0.717) is 0 Å². The fourth-order valence-electron chi connectivity index (χ4n) is 0.674. The summed E-state index contributed by atoms with van der Waals surface area (Å²) in [4.78, 5) is 8.81. The van der Waals surface area contributed by atoms with Crippen LogP contribution >= 0.6 is 0 Å². The van der Waals surface area contributed by atoms with E-state index in [1.807, 2.05) is 50.2 Å². The van der Waals surface area contributed by atoms with Gasteiger partial charge < -0.3 is 4.80 Å². The summed E-state index contributed by atoms with van der Waals surface area (Å²) in [6.45, 7) is 4.08. The van der Waals surface area contributed by atoms with Gasteiger partial charge in [-0.2, -0.15) is 0 Å². The summed E-state index contributed by atoms with van der Waals surface area (Å²) in [5.74, 6) is 0. The minimum Gasteiger partial charge on any atom is -0.435 e. The second kappa shape index (κ2) is 8.49. The molecule has 0 unspecified atom stereocenters. The van der Waals surface area contributed by atoms with Gasteiger partial charge in [-0.25, -0.2) is 0 Å². The quantitative estimate of drug-likeness (QED) is 0.697. The SMILES string of the molecule is CC[SiH](O)CC.c1ccccc1. The molecule has 0 heterocycles. The van der Waals surface area contributed by atoms with E-state index in [1.165, 1.54) is 0 Å². The van der Waals surface area contributed by atoms with Crippen LogP contribution in [0.1, 0.15) is 13.8 Å². The first kappa shape index (κ1) is 11.4. The normalized spacial score (nSPS) is 9.00. The fourth-order valence-corrected chi connectivity index (χ4v) is 1.25. The first-order valence-electron chi connectivity index (χ1n) is 4.49. The molecule has 0 aromatic heterocycles. The van der Waals surface area contributed by atoms with E-state index in [4.69, 9.17) is 4.80 Å². The molecule has 1 nitrogen and oxygen atoms in total. The van der Waals surface area contributed by atoms with Crippen LogP contribution in [0.15, 0.2) is 36.4 Å². The molecule has 68 valence electrons. The highest BCUT2D eigenvalue weighted by atomic mass is 28.3. The first-order valence-corrected chi connectivity index (χ1v) is 6.64. The molecule has 1 aromatic carbocycles. The van der Waals surface area contributed by atoms with Crippen molar-refractivity contribution in [3.63, 3.8) is 0 Å². The Bertz CT molecular complexity index is 134. The standard InChI is InChI=1S/C6H6.C4H12OSi/c1-2-4-6-5-3-1;1-3-6(5)4-2/h1-6H;5-6H,3-4H2,1-2H3. The van der Waals surface area contributed by atoms with E-state index in [2.05, 4.69) is 0 Å². The Kier molecular flexibility index (Phi) is 8.07. The van der Waals surface area contributed by atoms with Crippen molar-refractivity contribution in [3.05, 3.63) is 36.4 Å². The summed E-state index contributed by atoms with van der Waals surface area (Å²) < 4.78 is 0. The van der Waals surface area contributed by atoms with Gasteiger partial charge in [0.2, 0.25) is 0 Å². The van der Waals surface area contributed by atoms with E-state index in [0.717, 1.165) is 12.1 Å². The van der Waals surface area contributed by atoms with Gasteiger partial charge in [-0.15, -0.1) is 0 Å². The van der Waals surface area contributed by atoms with Gasteiger partial charge in [0.25, 0.3) is 0 Å². The molecule has 0 bridgehead atoms. The monoisotopic (exact) mass is 182 g/mol. The summed E-state index contributed by atoms with van der Waals surface area (Å²) in [5.41, 5.74) is 0. The van der Waals surface area contributed by atoms with E-state index in [9.17, 15) is 0 Å². The maximum absolute atomic E-state index is 8.81. The molecule has 0 fully saturated rings. The molecular formula is C10H18OSi. The van der Waals surface area contributed by atoms with Crippen molar-refractivity contribution in [2.75, 3.05) is 0 Å². The van der Waals surface area contributed by atoms with Crippen LogP contribution in [-0.2, 0) is 0 Å². The van der Waals surface area contributed by atoms with Crippen molar-refractivity contribution in [1.82, 2.24) is 0 Å². The van der Waals surface area contributed by atoms with Crippen molar-refractivity contribution < 1.29 is 4.80 Å². The predicted octanol–water partition coefficient (Wildman–Crippen LogP) is 2.43. The molecule has 0 atom stereocenters. The van der Waals surface area contributed by atoms with Gasteiger partial charge in [0, 0.05) is 0 Å².